The summed E-state index contributed by atoms with van der Waals surface area (Å²) in [5, 5.41) is 16.7. The Labute approximate surface area is 204 Å². The molecule has 0 aliphatic carbocycles. The fourth-order valence-electron chi connectivity index (χ4n) is 3.82. The molecule has 3 rings (SSSR count). The number of amides is 1. The summed E-state index contributed by atoms with van der Waals surface area (Å²) in [6.07, 6.45) is 0. The van der Waals surface area contributed by atoms with E-state index in [4.69, 9.17) is 9.47 Å². The molecule has 3 N–H and O–H groups in total. The van der Waals surface area contributed by atoms with Gasteiger partial charge < -0.3 is 30.1 Å². The fourth-order valence-corrected chi connectivity index (χ4v) is 3.82. The van der Waals surface area contributed by atoms with Crippen LogP contribution in [0.3, 0.4) is 0 Å². The smallest absolute Gasteiger partial charge is 0.257 e. The summed E-state index contributed by atoms with van der Waals surface area (Å²) in [6, 6.07) is 9.68. The van der Waals surface area contributed by atoms with Crippen molar-refractivity contribution in [2.24, 2.45) is 5.41 Å². The largest absolute Gasteiger partial charge is 0.505 e. The molecule has 186 valence electrons. The molecule has 0 bridgehead atoms. The van der Waals surface area contributed by atoms with E-state index in [1.165, 1.54) is 17.0 Å². The van der Waals surface area contributed by atoms with E-state index in [1.807, 2.05) is 32.9 Å². The number of nitrogens with one attached hydrogen (secondary N) is 2. The minimum Gasteiger partial charge on any atom is -0.505 e. The lowest BCUT2D eigenvalue weighted by molar-refractivity contribution is 0.0824. The molecule has 1 amide bonds. The number of hydrogen-bond donors (Lipinski definition) is 3. The standard InChI is InChI=1S/C26H31N3O6/c1-26(2,3)24(14-11-12-17(34-6)18(13-14)35-7)28-20-19(22(31)23(20)32)27-16-10-8-9-15(21(16)30)25(33)29(4)5/h8-13,24,27-28,30H,1-7H3. The normalized spacial score (nSPS) is 12.2. The number of anilines is 3. The van der Waals surface area contributed by atoms with E-state index in [0.29, 0.717) is 11.5 Å². The van der Waals surface area contributed by atoms with Crippen molar-refractivity contribution in [1.29, 1.82) is 0 Å². The molecule has 0 aliphatic rings. The molecule has 1 atom stereocenters. The number of carbonyl (C=O) groups excluding carboxylic acids is 1. The summed E-state index contributed by atoms with van der Waals surface area (Å²) in [7, 11) is 6.24. The van der Waals surface area contributed by atoms with E-state index >= 15 is 0 Å². The number of aromatic hydroxyl groups is 1. The first-order chi connectivity index (χ1) is 16.4. The Morgan fingerprint density at radius 3 is 2.17 bits per heavy atom. The Hall–Kier alpha value is -4.01. The Balaban J connectivity index is 1.99. The molecule has 9 heteroatoms. The quantitative estimate of drug-likeness (QED) is 0.330. The van der Waals surface area contributed by atoms with E-state index in [1.54, 1.807) is 40.4 Å². The predicted molar refractivity (Wildman–Crippen MR) is 136 cm³/mol. The predicted octanol–water partition coefficient (Wildman–Crippen LogP) is 3.65. The third-order valence-electron chi connectivity index (χ3n) is 5.74. The first-order valence-electron chi connectivity index (χ1n) is 11.0. The van der Waals surface area contributed by atoms with Crippen molar-refractivity contribution in [3.05, 3.63) is 68.0 Å². The third kappa shape index (κ3) is 4.94. The number of ether oxygens (including phenoxy) is 2. The number of carbonyl (C=O) groups is 1. The van der Waals surface area contributed by atoms with Crippen molar-refractivity contribution >= 4 is 23.0 Å². The van der Waals surface area contributed by atoms with Gasteiger partial charge in [0.25, 0.3) is 16.8 Å². The first kappa shape index (κ1) is 25.6. The van der Waals surface area contributed by atoms with Crippen LogP contribution in [-0.2, 0) is 0 Å². The Morgan fingerprint density at radius 1 is 0.971 bits per heavy atom. The molecule has 0 heterocycles. The van der Waals surface area contributed by atoms with E-state index in [-0.39, 0.29) is 39.8 Å². The molecule has 35 heavy (non-hydrogen) atoms. The molecule has 0 aliphatic heterocycles. The van der Waals surface area contributed by atoms with Gasteiger partial charge in [-0.15, -0.1) is 0 Å². The van der Waals surface area contributed by atoms with Crippen molar-refractivity contribution < 1.29 is 19.4 Å². The Bertz CT molecular complexity index is 1320. The van der Waals surface area contributed by atoms with Crippen LogP contribution >= 0.6 is 0 Å². The Morgan fingerprint density at radius 2 is 1.60 bits per heavy atom. The number of methoxy groups -OCH3 is 2. The van der Waals surface area contributed by atoms with Crippen LogP contribution in [0.4, 0.5) is 17.1 Å². The van der Waals surface area contributed by atoms with Crippen LogP contribution in [0.15, 0.2) is 46.0 Å². The molecular weight excluding hydrogens is 450 g/mol. The van der Waals surface area contributed by atoms with Gasteiger partial charge in [0.15, 0.2) is 17.2 Å². The van der Waals surface area contributed by atoms with Gasteiger partial charge in [0.2, 0.25) is 0 Å². The fraction of sp³-hybridized carbons (Fsp3) is 0.346. The molecule has 0 saturated carbocycles. The minimum absolute atomic E-state index is 0.0227. The van der Waals surface area contributed by atoms with E-state index in [9.17, 15) is 19.5 Å². The average molecular weight is 482 g/mol. The zero-order valence-corrected chi connectivity index (χ0v) is 21.0. The highest BCUT2D eigenvalue weighted by Gasteiger charge is 2.32. The van der Waals surface area contributed by atoms with Gasteiger partial charge in [-0.05, 0) is 35.2 Å². The molecule has 3 aromatic carbocycles. The van der Waals surface area contributed by atoms with Crippen LogP contribution in [0.25, 0.3) is 0 Å². The van der Waals surface area contributed by atoms with Gasteiger partial charge in [0.05, 0.1) is 31.5 Å². The van der Waals surface area contributed by atoms with Crippen LogP contribution in [0.2, 0.25) is 0 Å². The highest BCUT2D eigenvalue weighted by Crippen LogP contribution is 2.40. The number of para-hydroxylation sites is 1. The van der Waals surface area contributed by atoms with Gasteiger partial charge in [-0.2, -0.15) is 0 Å². The molecule has 1 unspecified atom stereocenters. The molecule has 9 nitrogen and oxygen atoms in total. The van der Waals surface area contributed by atoms with Crippen LogP contribution in [-0.4, -0.2) is 44.2 Å². The van der Waals surface area contributed by atoms with Gasteiger partial charge in [-0.3, -0.25) is 14.4 Å². The molecule has 0 aromatic heterocycles. The van der Waals surface area contributed by atoms with Gasteiger partial charge in [0, 0.05) is 14.1 Å². The SMILES string of the molecule is COc1ccc(C(Nc2c(Nc3cccc(C(=O)N(C)C)c3O)c(=O)c2=O)C(C)(C)C)cc1OC. The summed E-state index contributed by atoms with van der Waals surface area (Å²) < 4.78 is 10.7. The van der Waals surface area contributed by atoms with Crippen molar-refractivity contribution in [2.75, 3.05) is 38.9 Å². The number of rotatable bonds is 8. The monoisotopic (exact) mass is 481 g/mol. The maximum atomic E-state index is 12.6. The molecule has 0 spiro atoms. The summed E-state index contributed by atoms with van der Waals surface area (Å²) in [5.74, 6) is 0.410. The molecule has 0 fully saturated rings. The van der Waals surface area contributed by atoms with Crippen LogP contribution in [0.5, 0.6) is 17.2 Å². The van der Waals surface area contributed by atoms with E-state index < -0.39 is 16.8 Å². The molecule has 0 radical (unpaired) electrons. The lowest BCUT2D eigenvalue weighted by Crippen LogP contribution is -2.39. The number of benzene rings is 2. The summed E-state index contributed by atoms with van der Waals surface area (Å²) in [5.41, 5.74) is -0.564. The van der Waals surface area contributed by atoms with Crippen LogP contribution in [0, 0.1) is 5.41 Å². The summed E-state index contributed by atoms with van der Waals surface area (Å²) in [4.78, 5) is 38.7. The third-order valence-corrected chi connectivity index (χ3v) is 5.74. The lowest BCUT2D eigenvalue weighted by atomic mass is 9.82. The van der Waals surface area contributed by atoms with Gasteiger partial charge in [-0.25, -0.2) is 0 Å². The van der Waals surface area contributed by atoms with Crippen molar-refractivity contribution in [3.63, 3.8) is 0 Å². The second-order valence-corrected chi connectivity index (χ2v) is 9.49. The summed E-state index contributed by atoms with van der Waals surface area (Å²) in [6.45, 7) is 6.01. The van der Waals surface area contributed by atoms with Crippen molar-refractivity contribution in [3.8, 4) is 17.2 Å². The first-order valence-corrected chi connectivity index (χ1v) is 11.0. The average Bonchev–Trinajstić information content (AvgIpc) is 2.82. The maximum absolute atomic E-state index is 12.6. The highest BCUT2D eigenvalue weighted by molar-refractivity contribution is 5.99. The number of phenols is 1. The number of hydrogen-bond acceptors (Lipinski definition) is 8. The minimum atomic E-state index is -0.712. The van der Waals surface area contributed by atoms with Gasteiger partial charge >= 0.3 is 0 Å². The van der Waals surface area contributed by atoms with Gasteiger partial charge in [0.1, 0.15) is 11.4 Å². The molecule has 0 saturated heterocycles. The van der Waals surface area contributed by atoms with E-state index in [2.05, 4.69) is 10.6 Å². The zero-order chi connectivity index (χ0) is 26.1. The lowest BCUT2D eigenvalue weighted by Gasteiger charge is -2.34. The van der Waals surface area contributed by atoms with Crippen LogP contribution in [0.1, 0.15) is 42.7 Å². The number of phenolic OH excluding ortho intramolecular Hbond substituents is 1. The van der Waals surface area contributed by atoms with Crippen LogP contribution < -0.4 is 31.0 Å². The van der Waals surface area contributed by atoms with Crippen molar-refractivity contribution in [1.82, 2.24) is 4.90 Å². The molecule has 3 aromatic rings. The highest BCUT2D eigenvalue weighted by atomic mass is 16.5. The second kappa shape index (κ2) is 9.69. The number of nitrogens with zero attached hydrogens (tertiary/aromatic N) is 1. The van der Waals surface area contributed by atoms with Crippen molar-refractivity contribution in [2.45, 2.75) is 26.8 Å². The van der Waals surface area contributed by atoms with E-state index in [0.717, 1.165) is 5.56 Å². The molecular formula is C26H31N3O6. The summed E-state index contributed by atoms with van der Waals surface area (Å²) >= 11 is 0. The maximum Gasteiger partial charge on any atom is 0.257 e. The second-order valence-electron chi connectivity index (χ2n) is 9.49. The zero-order valence-electron chi connectivity index (χ0n) is 21.0. The topological polar surface area (TPSA) is 117 Å². The Kier molecular flexibility index (Phi) is 7.09. The van der Waals surface area contributed by atoms with Gasteiger partial charge in [-0.1, -0.05) is 32.9 Å².